The van der Waals surface area contributed by atoms with Crippen LogP contribution in [0.3, 0.4) is 0 Å². The topological polar surface area (TPSA) is 38.7 Å². The van der Waals surface area contributed by atoms with Gasteiger partial charge in [0.15, 0.2) is 0 Å². The zero-order chi connectivity index (χ0) is 13.7. The molecule has 2 rings (SSSR count). The van der Waals surface area contributed by atoms with Gasteiger partial charge >= 0.3 is 0 Å². The second-order valence-electron chi connectivity index (χ2n) is 5.78. The van der Waals surface area contributed by atoms with E-state index in [1.165, 1.54) is 0 Å². The van der Waals surface area contributed by atoms with E-state index in [2.05, 4.69) is 0 Å². The van der Waals surface area contributed by atoms with Crippen molar-refractivity contribution in [3.8, 4) is 5.75 Å². The molecule has 0 aliphatic carbocycles. The van der Waals surface area contributed by atoms with Gasteiger partial charge in [-0.1, -0.05) is 12.1 Å². The molecule has 0 amide bonds. The van der Waals surface area contributed by atoms with Gasteiger partial charge in [0.25, 0.3) is 0 Å². The number of aliphatic hydroxyl groups is 1. The average molecular weight is 264 g/mol. The Morgan fingerprint density at radius 3 is 2.47 bits per heavy atom. The van der Waals surface area contributed by atoms with Gasteiger partial charge in [0.2, 0.25) is 0 Å². The fraction of sp³-hybridized carbons (Fsp3) is 0.625. The molecule has 1 aliphatic heterocycles. The molecule has 3 nitrogen and oxygen atoms in total. The highest BCUT2D eigenvalue weighted by atomic mass is 16.5. The molecule has 1 aliphatic rings. The Bertz CT molecular complexity index is 377. The SMILES string of the molecule is COc1ccc(CC(C)(O)CC2CCOCC2)cc1. The standard InChI is InChI=1S/C16H24O3/c1-16(17,12-14-7-9-19-10-8-14)11-13-3-5-15(18-2)6-4-13/h3-6,14,17H,7-12H2,1-2H3. The maximum absolute atomic E-state index is 10.6. The summed E-state index contributed by atoms with van der Waals surface area (Å²) in [6.45, 7) is 3.61. The van der Waals surface area contributed by atoms with Crippen molar-refractivity contribution in [3.05, 3.63) is 29.8 Å². The Kier molecular flexibility index (Phi) is 4.83. The summed E-state index contributed by atoms with van der Waals surface area (Å²) in [5.74, 6) is 1.44. The number of rotatable bonds is 5. The summed E-state index contributed by atoms with van der Waals surface area (Å²) in [6.07, 6.45) is 3.67. The molecule has 1 fully saturated rings. The first-order valence-corrected chi connectivity index (χ1v) is 7.02. The normalized spacial score (nSPS) is 19.9. The molecule has 0 saturated carbocycles. The molecule has 0 aromatic heterocycles. The van der Waals surface area contributed by atoms with E-state index < -0.39 is 5.60 Å². The minimum atomic E-state index is -0.642. The van der Waals surface area contributed by atoms with Crippen LogP contribution in [0.1, 0.15) is 31.7 Å². The second-order valence-corrected chi connectivity index (χ2v) is 5.78. The molecule has 1 aromatic rings. The Balaban J connectivity index is 1.91. The maximum atomic E-state index is 10.6. The largest absolute Gasteiger partial charge is 0.497 e. The van der Waals surface area contributed by atoms with Crippen LogP contribution in [-0.4, -0.2) is 31.0 Å². The van der Waals surface area contributed by atoms with Crippen molar-refractivity contribution in [2.75, 3.05) is 20.3 Å². The molecular weight excluding hydrogens is 240 g/mol. The van der Waals surface area contributed by atoms with Crippen molar-refractivity contribution in [2.45, 2.75) is 38.2 Å². The summed E-state index contributed by atoms with van der Waals surface area (Å²) in [5.41, 5.74) is 0.509. The highest BCUT2D eigenvalue weighted by Crippen LogP contribution is 2.28. The van der Waals surface area contributed by atoms with Gasteiger partial charge in [0.1, 0.15) is 5.75 Å². The van der Waals surface area contributed by atoms with Crippen molar-refractivity contribution >= 4 is 0 Å². The highest BCUT2D eigenvalue weighted by molar-refractivity contribution is 5.28. The van der Waals surface area contributed by atoms with Gasteiger partial charge in [-0.2, -0.15) is 0 Å². The van der Waals surface area contributed by atoms with Gasteiger partial charge in [-0.3, -0.25) is 0 Å². The molecule has 1 heterocycles. The molecule has 0 spiro atoms. The van der Waals surface area contributed by atoms with E-state index >= 15 is 0 Å². The summed E-state index contributed by atoms with van der Waals surface area (Å²) in [4.78, 5) is 0. The number of ether oxygens (including phenoxy) is 2. The minimum absolute atomic E-state index is 0.585. The predicted octanol–water partition coefficient (Wildman–Crippen LogP) is 2.81. The lowest BCUT2D eigenvalue weighted by Crippen LogP contribution is -2.32. The molecule has 1 atom stereocenters. The molecule has 1 N–H and O–H groups in total. The van der Waals surface area contributed by atoms with Crippen LogP contribution in [0, 0.1) is 5.92 Å². The van der Waals surface area contributed by atoms with Crippen molar-refractivity contribution < 1.29 is 14.6 Å². The smallest absolute Gasteiger partial charge is 0.118 e. The van der Waals surface area contributed by atoms with Crippen molar-refractivity contribution in [3.63, 3.8) is 0 Å². The van der Waals surface area contributed by atoms with Crippen LogP contribution >= 0.6 is 0 Å². The number of hydrogen-bond donors (Lipinski definition) is 1. The Morgan fingerprint density at radius 2 is 1.89 bits per heavy atom. The van der Waals surface area contributed by atoms with Crippen molar-refractivity contribution in [1.82, 2.24) is 0 Å². The fourth-order valence-electron chi connectivity index (χ4n) is 2.83. The molecule has 19 heavy (non-hydrogen) atoms. The summed E-state index contributed by atoms with van der Waals surface area (Å²) in [7, 11) is 1.66. The van der Waals surface area contributed by atoms with Gasteiger partial charge in [-0.05, 0) is 49.8 Å². The average Bonchev–Trinajstić information content (AvgIpc) is 2.39. The first kappa shape index (κ1) is 14.4. The first-order chi connectivity index (χ1) is 9.09. The molecule has 0 bridgehead atoms. The van der Waals surface area contributed by atoms with Gasteiger partial charge in [-0.15, -0.1) is 0 Å². The van der Waals surface area contributed by atoms with E-state index in [4.69, 9.17) is 9.47 Å². The lowest BCUT2D eigenvalue weighted by molar-refractivity contribution is 0.000357. The Morgan fingerprint density at radius 1 is 1.26 bits per heavy atom. The molecule has 106 valence electrons. The molecule has 0 radical (unpaired) electrons. The van der Waals surface area contributed by atoms with E-state index in [0.29, 0.717) is 12.3 Å². The zero-order valence-corrected chi connectivity index (χ0v) is 11.9. The van der Waals surface area contributed by atoms with Crippen LogP contribution in [0.4, 0.5) is 0 Å². The molecule has 1 saturated heterocycles. The van der Waals surface area contributed by atoms with Gasteiger partial charge < -0.3 is 14.6 Å². The van der Waals surface area contributed by atoms with Crippen LogP contribution in [0.5, 0.6) is 5.75 Å². The Hall–Kier alpha value is -1.06. The third-order valence-electron chi connectivity index (χ3n) is 3.81. The van der Waals surface area contributed by atoms with Crippen molar-refractivity contribution in [1.29, 1.82) is 0 Å². The fourth-order valence-corrected chi connectivity index (χ4v) is 2.83. The monoisotopic (exact) mass is 264 g/mol. The third kappa shape index (κ3) is 4.51. The van der Waals surface area contributed by atoms with E-state index in [1.807, 2.05) is 31.2 Å². The van der Waals surface area contributed by atoms with E-state index in [-0.39, 0.29) is 0 Å². The molecular formula is C16H24O3. The van der Waals surface area contributed by atoms with Gasteiger partial charge in [0.05, 0.1) is 12.7 Å². The van der Waals surface area contributed by atoms with Crippen LogP contribution < -0.4 is 4.74 Å². The summed E-state index contributed by atoms with van der Waals surface area (Å²) in [6, 6.07) is 7.94. The lowest BCUT2D eigenvalue weighted by atomic mass is 9.83. The minimum Gasteiger partial charge on any atom is -0.497 e. The van der Waals surface area contributed by atoms with Crippen LogP contribution in [0.2, 0.25) is 0 Å². The number of hydrogen-bond acceptors (Lipinski definition) is 3. The van der Waals surface area contributed by atoms with E-state index in [1.54, 1.807) is 7.11 Å². The first-order valence-electron chi connectivity index (χ1n) is 7.02. The highest BCUT2D eigenvalue weighted by Gasteiger charge is 2.27. The van der Waals surface area contributed by atoms with Crippen LogP contribution in [0.15, 0.2) is 24.3 Å². The van der Waals surface area contributed by atoms with E-state index in [0.717, 1.165) is 43.8 Å². The maximum Gasteiger partial charge on any atom is 0.118 e. The van der Waals surface area contributed by atoms with Crippen molar-refractivity contribution in [2.24, 2.45) is 5.92 Å². The summed E-state index contributed by atoms with van der Waals surface area (Å²) >= 11 is 0. The van der Waals surface area contributed by atoms with E-state index in [9.17, 15) is 5.11 Å². The number of benzene rings is 1. The molecule has 3 heteroatoms. The lowest BCUT2D eigenvalue weighted by Gasteiger charge is -2.31. The van der Waals surface area contributed by atoms with Gasteiger partial charge in [0, 0.05) is 19.6 Å². The summed E-state index contributed by atoms with van der Waals surface area (Å²) in [5, 5.41) is 10.6. The molecule has 1 unspecified atom stereocenters. The van der Waals surface area contributed by atoms with Crippen LogP contribution in [0.25, 0.3) is 0 Å². The predicted molar refractivity (Wildman–Crippen MR) is 75.5 cm³/mol. The second kappa shape index (κ2) is 6.40. The number of methoxy groups -OCH3 is 1. The third-order valence-corrected chi connectivity index (χ3v) is 3.81. The summed E-state index contributed by atoms with van der Waals surface area (Å²) < 4.78 is 10.5. The molecule has 1 aromatic carbocycles. The Labute approximate surface area is 115 Å². The quantitative estimate of drug-likeness (QED) is 0.888. The van der Waals surface area contributed by atoms with Crippen LogP contribution in [-0.2, 0) is 11.2 Å². The van der Waals surface area contributed by atoms with Gasteiger partial charge in [-0.25, -0.2) is 0 Å². The zero-order valence-electron chi connectivity index (χ0n) is 11.9.